The number of thiol groups is 1. The minimum absolute atomic E-state index is 0.111. The van der Waals surface area contributed by atoms with Crippen molar-refractivity contribution in [1.82, 2.24) is 0 Å². The third kappa shape index (κ3) is 3.42. The predicted molar refractivity (Wildman–Crippen MR) is 90.0 cm³/mol. The van der Waals surface area contributed by atoms with E-state index in [0.717, 1.165) is 33.8 Å². The molecule has 0 heterocycles. The van der Waals surface area contributed by atoms with E-state index in [2.05, 4.69) is 12.6 Å². The SMILES string of the molecule is CCc1cccc([N+](=O)[O-])c1COc1cc(C)c(S)cc1C. The van der Waals surface area contributed by atoms with Gasteiger partial charge in [-0.15, -0.1) is 12.6 Å². The first-order chi connectivity index (χ1) is 10.4. The molecule has 0 saturated heterocycles. The van der Waals surface area contributed by atoms with Gasteiger partial charge in [0.1, 0.15) is 12.4 Å². The van der Waals surface area contributed by atoms with Gasteiger partial charge in [-0.05, 0) is 49.1 Å². The Morgan fingerprint density at radius 1 is 1.23 bits per heavy atom. The lowest BCUT2D eigenvalue weighted by molar-refractivity contribution is -0.385. The molecular weight excluding hydrogens is 298 g/mol. The molecule has 0 aliphatic carbocycles. The van der Waals surface area contributed by atoms with Gasteiger partial charge < -0.3 is 4.74 Å². The maximum absolute atomic E-state index is 11.2. The van der Waals surface area contributed by atoms with Crippen LogP contribution in [0, 0.1) is 24.0 Å². The highest BCUT2D eigenvalue weighted by molar-refractivity contribution is 7.80. The minimum atomic E-state index is -0.354. The molecule has 116 valence electrons. The molecule has 0 saturated carbocycles. The molecule has 2 aromatic rings. The van der Waals surface area contributed by atoms with Crippen LogP contribution >= 0.6 is 12.6 Å². The second kappa shape index (κ2) is 6.83. The zero-order valence-corrected chi connectivity index (χ0v) is 13.8. The van der Waals surface area contributed by atoms with Crippen molar-refractivity contribution in [1.29, 1.82) is 0 Å². The molecule has 0 radical (unpaired) electrons. The maximum atomic E-state index is 11.2. The summed E-state index contributed by atoms with van der Waals surface area (Å²) >= 11 is 4.38. The molecule has 0 amide bonds. The number of hydrogen-bond acceptors (Lipinski definition) is 4. The number of ether oxygens (including phenoxy) is 1. The lowest BCUT2D eigenvalue weighted by atomic mass is 10.0. The van der Waals surface area contributed by atoms with Gasteiger partial charge in [-0.3, -0.25) is 10.1 Å². The molecule has 0 bridgehead atoms. The van der Waals surface area contributed by atoms with Crippen molar-refractivity contribution in [2.75, 3.05) is 0 Å². The van der Waals surface area contributed by atoms with Crippen molar-refractivity contribution >= 4 is 18.3 Å². The number of nitro groups is 1. The first-order valence-electron chi connectivity index (χ1n) is 7.12. The molecule has 2 aromatic carbocycles. The Morgan fingerprint density at radius 3 is 2.59 bits per heavy atom. The number of nitro benzene ring substituents is 1. The van der Waals surface area contributed by atoms with E-state index < -0.39 is 0 Å². The Bertz CT molecular complexity index is 713. The van der Waals surface area contributed by atoms with Crippen molar-refractivity contribution in [3.63, 3.8) is 0 Å². The lowest BCUT2D eigenvalue weighted by Gasteiger charge is -2.13. The Labute approximate surface area is 135 Å². The largest absolute Gasteiger partial charge is 0.488 e. The number of rotatable bonds is 5. The quantitative estimate of drug-likeness (QED) is 0.496. The normalized spacial score (nSPS) is 10.5. The van der Waals surface area contributed by atoms with E-state index in [1.807, 2.05) is 39.0 Å². The van der Waals surface area contributed by atoms with Crippen LogP contribution in [0.2, 0.25) is 0 Å². The van der Waals surface area contributed by atoms with E-state index in [-0.39, 0.29) is 17.2 Å². The van der Waals surface area contributed by atoms with Crippen LogP contribution in [0.15, 0.2) is 35.2 Å². The highest BCUT2D eigenvalue weighted by atomic mass is 32.1. The molecule has 0 atom stereocenters. The fraction of sp³-hybridized carbons (Fsp3) is 0.294. The van der Waals surface area contributed by atoms with Gasteiger partial charge in [0.05, 0.1) is 10.5 Å². The van der Waals surface area contributed by atoms with Gasteiger partial charge >= 0.3 is 0 Å². The van der Waals surface area contributed by atoms with Crippen LogP contribution in [0.4, 0.5) is 5.69 Å². The van der Waals surface area contributed by atoms with Crippen LogP contribution in [0.1, 0.15) is 29.2 Å². The van der Waals surface area contributed by atoms with E-state index in [1.165, 1.54) is 6.07 Å². The van der Waals surface area contributed by atoms with Crippen molar-refractivity contribution in [3.05, 3.63) is 62.7 Å². The van der Waals surface area contributed by atoms with Crippen LogP contribution in [0.25, 0.3) is 0 Å². The number of aryl methyl sites for hydroxylation is 3. The molecule has 22 heavy (non-hydrogen) atoms. The van der Waals surface area contributed by atoms with Crippen LogP contribution in [0.3, 0.4) is 0 Å². The van der Waals surface area contributed by atoms with Gasteiger partial charge in [-0.2, -0.15) is 0 Å². The van der Waals surface area contributed by atoms with E-state index in [1.54, 1.807) is 6.07 Å². The van der Waals surface area contributed by atoms with E-state index in [9.17, 15) is 10.1 Å². The van der Waals surface area contributed by atoms with Crippen LogP contribution in [-0.2, 0) is 13.0 Å². The Morgan fingerprint density at radius 2 is 1.95 bits per heavy atom. The standard InChI is InChI=1S/C17H19NO3S/c1-4-13-6-5-7-15(18(19)20)14(13)10-21-16-8-12(3)17(22)9-11(16)2/h5-9,22H,4,10H2,1-3H3. The zero-order valence-electron chi connectivity index (χ0n) is 12.9. The van der Waals surface area contributed by atoms with Crippen molar-refractivity contribution in [2.45, 2.75) is 38.7 Å². The highest BCUT2D eigenvalue weighted by Crippen LogP contribution is 2.28. The number of benzene rings is 2. The Balaban J connectivity index is 2.32. The van der Waals surface area contributed by atoms with Crippen molar-refractivity contribution < 1.29 is 9.66 Å². The summed E-state index contributed by atoms with van der Waals surface area (Å²) < 4.78 is 5.85. The van der Waals surface area contributed by atoms with E-state index in [4.69, 9.17) is 4.74 Å². The first-order valence-corrected chi connectivity index (χ1v) is 7.57. The monoisotopic (exact) mass is 317 g/mol. The molecule has 0 N–H and O–H groups in total. The lowest BCUT2D eigenvalue weighted by Crippen LogP contribution is -2.05. The minimum Gasteiger partial charge on any atom is -0.488 e. The molecule has 2 rings (SSSR count). The predicted octanol–water partition coefficient (Wildman–Crippen LogP) is 4.64. The van der Waals surface area contributed by atoms with E-state index in [0.29, 0.717) is 5.56 Å². The van der Waals surface area contributed by atoms with E-state index >= 15 is 0 Å². The second-order valence-electron chi connectivity index (χ2n) is 5.22. The van der Waals surface area contributed by atoms with Crippen LogP contribution in [0.5, 0.6) is 5.75 Å². The fourth-order valence-corrected chi connectivity index (χ4v) is 2.63. The molecule has 4 nitrogen and oxygen atoms in total. The summed E-state index contributed by atoms with van der Waals surface area (Å²) in [5.74, 6) is 0.732. The molecular formula is C17H19NO3S. The number of nitrogens with zero attached hydrogens (tertiary/aromatic N) is 1. The smallest absolute Gasteiger partial charge is 0.276 e. The average Bonchev–Trinajstić information content (AvgIpc) is 2.49. The second-order valence-corrected chi connectivity index (χ2v) is 5.70. The summed E-state index contributed by atoms with van der Waals surface area (Å²) in [5, 5.41) is 11.2. The molecule has 5 heteroatoms. The molecule has 0 fully saturated rings. The number of hydrogen-bond donors (Lipinski definition) is 1. The van der Waals surface area contributed by atoms with Crippen molar-refractivity contribution in [3.8, 4) is 5.75 Å². The molecule has 0 unspecified atom stereocenters. The third-order valence-electron chi connectivity index (χ3n) is 3.69. The fourth-order valence-electron chi connectivity index (χ4n) is 2.37. The first kappa shape index (κ1) is 16.4. The van der Waals surface area contributed by atoms with Gasteiger partial charge in [-0.25, -0.2) is 0 Å². The summed E-state index contributed by atoms with van der Waals surface area (Å²) in [5.41, 5.74) is 3.67. The summed E-state index contributed by atoms with van der Waals surface area (Å²) in [6, 6.07) is 8.99. The van der Waals surface area contributed by atoms with Gasteiger partial charge in [0, 0.05) is 11.0 Å². The summed E-state index contributed by atoms with van der Waals surface area (Å²) in [4.78, 5) is 11.8. The van der Waals surface area contributed by atoms with Crippen LogP contribution < -0.4 is 4.74 Å². The topological polar surface area (TPSA) is 52.4 Å². The summed E-state index contributed by atoms with van der Waals surface area (Å²) in [7, 11) is 0. The van der Waals surface area contributed by atoms with Crippen LogP contribution in [-0.4, -0.2) is 4.92 Å². The maximum Gasteiger partial charge on any atom is 0.276 e. The Hall–Kier alpha value is -2.01. The highest BCUT2D eigenvalue weighted by Gasteiger charge is 2.17. The summed E-state index contributed by atoms with van der Waals surface area (Å²) in [6.07, 6.45) is 0.730. The van der Waals surface area contributed by atoms with Gasteiger partial charge in [0.15, 0.2) is 0 Å². The molecule has 0 aliphatic heterocycles. The zero-order chi connectivity index (χ0) is 16.3. The van der Waals surface area contributed by atoms with Crippen molar-refractivity contribution in [2.24, 2.45) is 0 Å². The van der Waals surface area contributed by atoms with Gasteiger partial charge in [-0.1, -0.05) is 19.1 Å². The Kier molecular flexibility index (Phi) is 5.08. The molecule has 0 aromatic heterocycles. The van der Waals surface area contributed by atoms with Gasteiger partial charge in [0.25, 0.3) is 5.69 Å². The molecule has 0 aliphatic rings. The van der Waals surface area contributed by atoms with Gasteiger partial charge in [0.2, 0.25) is 0 Å². The molecule has 0 spiro atoms. The third-order valence-corrected chi connectivity index (χ3v) is 4.17. The summed E-state index contributed by atoms with van der Waals surface area (Å²) in [6.45, 7) is 6.06. The average molecular weight is 317 g/mol.